The standard InChI is InChI=1S/C32H40N4O2/c1-20-17-36(18-21(2)38-20)19-23-9-7-22(8-10-23)11-14-28-25-13-12-24(15-30(25)35-34-28)27-16-32(27)26-5-3-4-6-29(26)33-31(32)37/h3-11,14,20-21,24-25,27-28,30,34-35H,12-13,15-19H2,1-2H3,(H,33,37)/b14-11+/t20-,21+,24?,25?,27-,28?,30?,32-/m0/s1. The van der Waals surface area contributed by atoms with Gasteiger partial charge < -0.3 is 10.1 Å². The lowest BCUT2D eigenvalue weighted by Crippen LogP contribution is -2.44. The molecule has 0 radical (unpaired) electrons. The van der Waals surface area contributed by atoms with Gasteiger partial charge in [-0.1, -0.05) is 54.6 Å². The van der Waals surface area contributed by atoms with Crippen LogP contribution in [-0.2, 0) is 21.5 Å². The summed E-state index contributed by atoms with van der Waals surface area (Å²) in [5, 5.41) is 3.15. The van der Waals surface area contributed by atoms with E-state index in [1.807, 2.05) is 12.1 Å². The van der Waals surface area contributed by atoms with Crippen molar-refractivity contribution in [2.75, 3.05) is 18.4 Å². The van der Waals surface area contributed by atoms with E-state index in [0.717, 1.165) is 38.2 Å². The van der Waals surface area contributed by atoms with Gasteiger partial charge in [-0.05, 0) is 80.0 Å². The van der Waals surface area contributed by atoms with Crippen molar-refractivity contribution in [3.63, 3.8) is 0 Å². The molecule has 1 amide bonds. The van der Waals surface area contributed by atoms with Crippen molar-refractivity contribution in [3.05, 3.63) is 71.3 Å². The first kappa shape index (κ1) is 24.5. The number of carbonyl (C=O) groups excluding carboxylic acids is 1. The lowest BCUT2D eigenvalue weighted by Gasteiger charge is -2.35. The summed E-state index contributed by atoms with van der Waals surface area (Å²) in [6.45, 7) is 7.30. The Morgan fingerprint density at radius 2 is 1.82 bits per heavy atom. The summed E-state index contributed by atoms with van der Waals surface area (Å²) in [6.07, 6.45) is 9.79. The van der Waals surface area contributed by atoms with Crippen molar-refractivity contribution in [2.24, 2.45) is 17.8 Å². The lowest BCUT2D eigenvalue weighted by molar-refractivity contribution is -0.118. The van der Waals surface area contributed by atoms with Crippen molar-refractivity contribution >= 4 is 17.7 Å². The van der Waals surface area contributed by atoms with Gasteiger partial charge in [0.25, 0.3) is 0 Å². The molecule has 1 spiro atoms. The van der Waals surface area contributed by atoms with Gasteiger partial charge in [-0.3, -0.25) is 20.5 Å². The summed E-state index contributed by atoms with van der Waals surface area (Å²) in [5.74, 6) is 1.91. The Kier molecular flexibility index (Phi) is 6.19. The van der Waals surface area contributed by atoms with Gasteiger partial charge in [0.05, 0.1) is 17.6 Å². The van der Waals surface area contributed by atoms with Crippen LogP contribution in [-0.4, -0.2) is 48.2 Å². The van der Waals surface area contributed by atoms with Crippen LogP contribution in [0.1, 0.15) is 56.2 Å². The minimum Gasteiger partial charge on any atom is -0.373 e. The van der Waals surface area contributed by atoms with Crippen molar-refractivity contribution in [3.8, 4) is 0 Å². The predicted molar refractivity (Wildman–Crippen MR) is 150 cm³/mol. The molecule has 7 rings (SSSR count). The number of rotatable bonds is 5. The minimum absolute atomic E-state index is 0.226. The summed E-state index contributed by atoms with van der Waals surface area (Å²) in [7, 11) is 0. The Morgan fingerprint density at radius 1 is 1.03 bits per heavy atom. The van der Waals surface area contributed by atoms with Crippen LogP contribution >= 0.6 is 0 Å². The van der Waals surface area contributed by atoms with E-state index in [-0.39, 0.29) is 11.3 Å². The number of fused-ring (bicyclic) bond motifs is 3. The average Bonchev–Trinajstić information content (AvgIpc) is 3.44. The van der Waals surface area contributed by atoms with Gasteiger partial charge >= 0.3 is 0 Å². The van der Waals surface area contributed by atoms with Crippen molar-refractivity contribution in [1.82, 2.24) is 15.8 Å². The van der Waals surface area contributed by atoms with E-state index >= 15 is 0 Å². The average molecular weight is 513 g/mol. The number of carbonyl (C=O) groups is 1. The molecule has 38 heavy (non-hydrogen) atoms. The number of anilines is 1. The molecule has 3 heterocycles. The molecule has 2 aromatic rings. The van der Waals surface area contributed by atoms with E-state index in [2.05, 4.69) is 83.5 Å². The van der Waals surface area contributed by atoms with Crippen LogP contribution in [0.4, 0.5) is 5.69 Å². The minimum atomic E-state index is -0.260. The molecule has 5 aliphatic rings. The van der Waals surface area contributed by atoms with E-state index in [0.29, 0.717) is 42.0 Å². The Morgan fingerprint density at radius 3 is 2.63 bits per heavy atom. The zero-order chi connectivity index (χ0) is 25.9. The highest BCUT2D eigenvalue weighted by Gasteiger charge is 2.67. The second kappa shape index (κ2) is 9.60. The summed E-state index contributed by atoms with van der Waals surface area (Å²) in [6, 6.07) is 18.1. The summed E-state index contributed by atoms with van der Waals surface area (Å²) >= 11 is 0. The molecule has 200 valence electrons. The van der Waals surface area contributed by atoms with Crippen LogP contribution in [0.5, 0.6) is 0 Å². The Bertz CT molecular complexity index is 1220. The molecule has 0 bridgehead atoms. The number of ether oxygens (including phenoxy) is 1. The molecule has 4 fully saturated rings. The van der Waals surface area contributed by atoms with Gasteiger partial charge in [0.2, 0.25) is 5.91 Å². The van der Waals surface area contributed by atoms with E-state index in [1.54, 1.807) is 0 Å². The second-order valence-electron chi connectivity index (χ2n) is 12.5. The topological polar surface area (TPSA) is 65.6 Å². The molecule has 8 atom stereocenters. The first-order valence-corrected chi connectivity index (χ1v) is 14.6. The number of nitrogens with one attached hydrogen (secondary N) is 3. The van der Waals surface area contributed by atoms with Crippen molar-refractivity contribution < 1.29 is 9.53 Å². The highest BCUT2D eigenvalue weighted by atomic mass is 16.5. The predicted octanol–water partition coefficient (Wildman–Crippen LogP) is 4.48. The third-order valence-electron chi connectivity index (χ3n) is 9.86. The molecule has 2 aromatic carbocycles. The molecule has 3 aliphatic heterocycles. The Labute approximate surface area is 226 Å². The molecule has 2 saturated heterocycles. The molecule has 3 N–H and O–H groups in total. The number of para-hydroxylation sites is 1. The first-order chi connectivity index (χ1) is 18.5. The fraction of sp³-hybridized carbons (Fsp3) is 0.531. The summed E-state index contributed by atoms with van der Waals surface area (Å²) in [4.78, 5) is 15.5. The fourth-order valence-corrected chi connectivity index (χ4v) is 8.07. The number of hydrazine groups is 1. The second-order valence-corrected chi connectivity index (χ2v) is 12.5. The molecular weight excluding hydrogens is 472 g/mol. The third-order valence-corrected chi connectivity index (χ3v) is 9.86. The Balaban J connectivity index is 0.947. The summed E-state index contributed by atoms with van der Waals surface area (Å²) < 4.78 is 5.87. The maximum Gasteiger partial charge on any atom is 0.235 e. The number of benzene rings is 2. The van der Waals surface area contributed by atoms with E-state index in [4.69, 9.17) is 4.74 Å². The number of amides is 1. The van der Waals surface area contributed by atoms with Gasteiger partial charge in [-0.2, -0.15) is 0 Å². The van der Waals surface area contributed by atoms with Gasteiger partial charge in [0, 0.05) is 37.4 Å². The molecule has 2 saturated carbocycles. The number of nitrogens with zero attached hydrogens (tertiary/aromatic N) is 1. The SMILES string of the molecule is C[C@@H]1CN(Cc2ccc(/C=C/C3NNC4CC([C@@H]5C[C@@]56C(=O)Nc5ccccc56)CCC34)cc2)C[C@H](C)O1. The van der Waals surface area contributed by atoms with Crippen LogP contribution in [0.25, 0.3) is 6.08 Å². The maximum atomic E-state index is 13.0. The Hall–Kier alpha value is -2.51. The highest BCUT2D eigenvalue weighted by molar-refractivity contribution is 6.08. The molecule has 6 nitrogen and oxygen atoms in total. The number of hydrogen-bond acceptors (Lipinski definition) is 5. The van der Waals surface area contributed by atoms with Crippen molar-refractivity contribution in [2.45, 2.75) is 75.8 Å². The van der Waals surface area contributed by atoms with Gasteiger partial charge in [-0.15, -0.1) is 0 Å². The molecule has 6 heteroatoms. The molecule has 2 aliphatic carbocycles. The third kappa shape index (κ3) is 4.32. The van der Waals surface area contributed by atoms with Crippen LogP contribution in [0.15, 0.2) is 54.6 Å². The zero-order valence-electron chi connectivity index (χ0n) is 22.5. The van der Waals surface area contributed by atoms with Crippen LogP contribution in [0.3, 0.4) is 0 Å². The highest BCUT2D eigenvalue weighted by Crippen LogP contribution is 2.64. The summed E-state index contributed by atoms with van der Waals surface area (Å²) in [5.41, 5.74) is 11.8. The largest absolute Gasteiger partial charge is 0.373 e. The van der Waals surface area contributed by atoms with Crippen LogP contribution < -0.4 is 16.2 Å². The van der Waals surface area contributed by atoms with E-state index in [1.165, 1.54) is 29.5 Å². The first-order valence-electron chi connectivity index (χ1n) is 14.6. The quantitative estimate of drug-likeness (QED) is 0.551. The van der Waals surface area contributed by atoms with Gasteiger partial charge in [0.1, 0.15) is 0 Å². The van der Waals surface area contributed by atoms with Crippen LogP contribution in [0.2, 0.25) is 0 Å². The van der Waals surface area contributed by atoms with E-state index in [9.17, 15) is 4.79 Å². The number of hydrogen-bond donors (Lipinski definition) is 3. The smallest absolute Gasteiger partial charge is 0.235 e. The van der Waals surface area contributed by atoms with E-state index < -0.39 is 0 Å². The molecule has 0 aromatic heterocycles. The fourth-order valence-electron chi connectivity index (χ4n) is 8.07. The monoisotopic (exact) mass is 512 g/mol. The zero-order valence-corrected chi connectivity index (χ0v) is 22.5. The normalized spacial score (nSPS) is 38.4. The maximum absolute atomic E-state index is 13.0. The van der Waals surface area contributed by atoms with Gasteiger partial charge in [-0.25, -0.2) is 0 Å². The molecular formula is C32H40N4O2. The van der Waals surface area contributed by atoms with Crippen molar-refractivity contribution in [1.29, 1.82) is 0 Å². The van der Waals surface area contributed by atoms with Crippen LogP contribution in [0, 0.1) is 17.8 Å². The lowest BCUT2D eigenvalue weighted by atomic mass is 9.73. The number of morpholine rings is 1. The van der Waals surface area contributed by atoms with Gasteiger partial charge in [0.15, 0.2) is 0 Å². The molecule has 4 unspecified atom stereocenters.